The zero-order valence-electron chi connectivity index (χ0n) is 10.5. The van der Waals surface area contributed by atoms with Crippen molar-refractivity contribution in [2.45, 2.75) is 6.42 Å². The summed E-state index contributed by atoms with van der Waals surface area (Å²) in [5.41, 5.74) is 2.16. The van der Waals surface area contributed by atoms with E-state index in [-0.39, 0.29) is 11.6 Å². The van der Waals surface area contributed by atoms with Crippen molar-refractivity contribution < 1.29 is 4.79 Å². The molecule has 20 heavy (non-hydrogen) atoms. The first-order valence-corrected chi connectivity index (χ1v) is 5.86. The molecular formula is C15H10N4O. The molecule has 0 bridgehead atoms. The Hall–Kier alpha value is -3.18. The van der Waals surface area contributed by atoms with E-state index in [1.807, 2.05) is 6.07 Å². The van der Waals surface area contributed by atoms with Gasteiger partial charge in [-0.05, 0) is 29.8 Å². The van der Waals surface area contributed by atoms with Crippen LogP contribution in [-0.2, 0) is 6.42 Å². The van der Waals surface area contributed by atoms with E-state index in [0.717, 1.165) is 5.56 Å². The molecule has 1 amide bonds. The highest BCUT2D eigenvalue weighted by Gasteiger charge is 2.07. The number of hydrogen-bond donors (Lipinski definition) is 1. The van der Waals surface area contributed by atoms with Crippen molar-refractivity contribution >= 4 is 11.6 Å². The topological polar surface area (TPSA) is 89.6 Å². The van der Waals surface area contributed by atoms with E-state index in [4.69, 9.17) is 10.5 Å². The van der Waals surface area contributed by atoms with Crippen LogP contribution in [0.15, 0.2) is 42.6 Å². The molecule has 2 rings (SSSR count). The van der Waals surface area contributed by atoms with Gasteiger partial charge in [0, 0.05) is 11.9 Å². The summed E-state index contributed by atoms with van der Waals surface area (Å²) < 4.78 is 0. The lowest BCUT2D eigenvalue weighted by Gasteiger charge is -2.05. The highest BCUT2D eigenvalue weighted by atomic mass is 16.1. The van der Waals surface area contributed by atoms with Crippen molar-refractivity contribution in [1.82, 2.24) is 4.98 Å². The van der Waals surface area contributed by atoms with Gasteiger partial charge in [0.1, 0.15) is 11.8 Å². The Morgan fingerprint density at radius 3 is 2.45 bits per heavy atom. The number of amides is 1. The van der Waals surface area contributed by atoms with Gasteiger partial charge in [-0.2, -0.15) is 10.5 Å². The van der Waals surface area contributed by atoms with Gasteiger partial charge in [-0.3, -0.25) is 4.79 Å². The smallest absolute Gasteiger partial charge is 0.274 e. The third-order valence-electron chi connectivity index (χ3n) is 2.62. The Morgan fingerprint density at radius 2 is 1.90 bits per heavy atom. The number of carbonyl (C=O) groups excluding carboxylic acids is 1. The molecule has 0 saturated carbocycles. The molecule has 0 atom stereocenters. The molecule has 0 aliphatic carbocycles. The van der Waals surface area contributed by atoms with E-state index < -0.39 is 0 Å². The molecular weight excluding hydrogens is 252 g/mol. The minimum absolute atomic E-state index is 0.241. The first-order valence-electron chi connectivity index (χ1n) is 5.86. The summed E-state index contributed by atoms with van der Waals surface area (Å²) in [5.74, 6) is -0.345. The normalized spacial score (nSPS) is 9.30. The number of benzene rings is 1. The summed E-state index contributed by atoms with van der Waals surface area (Å²) in [5, 5.41) is 19.9. The number of rotatable bonds is 3. The maximum absolute atomic E-state index is 11.9. The largest absolute Gasteiger partial charge is 0.321 e. The number of pyridine rings is 1. The second-order valence-corrected chi connectivity index (χ2v) is 4.03. The van der Waals surface area contributed by atoms with Crippen LogP contribution in [0.3, 0.4) is 0 Å². The average Bonchev–Trinajstić information content (AvgIpc) is 2.49. The van der Waals surface area contributed by atoms with E-state index in [1.165, 1.54) is 18.3 Å². The van der Waals surface area contributed by atoms with Crippen molar-refractivity contribution in [3.63, 3.8) is 0 Å². The third kappa shape index (κ3) is 3.18. The summed E-state index contributed by atoms with van der Waals surface area (Å²) in [6.07, 6.45) is 1.69. The summed E-state index contributed by atoms with van der Waals surface area (Å²) >= 11 is 0. The number of anilines is 1. The fourth-order valence-electron chi connectivity index (χ4n) is 1.59. The van der Waals surface area contributed by atoms with E-state index >= 15 is 0 Å². The fraction of sp³-hybridized carbons (Fsp3) is 0.0667. The van der Waals surface area contributed by atoms with Gasteiger partial charge in [0.2, 0.25) is 0 Å². The van der Waals surface area contributed by atoms with Crippen molar-refractivity contribution in [2.75, 3.05) is 5.32 Å². The van der Waals surface area contributed by atoms with Crippen molar-refractivity contribution in [1.29, 1.82) is 10.5 Å². The van der Waals surface area contributed by atoms with Crippen molar-refractivity contribution in [3.8, 4) is 12.1 Å². The number of nitrogens with zero attached hydrogens (tertiary/aromatic N) is 3. The average molecular weight is 262 g/mol. The molecule has 0 spiro atoms. The number of aromatic nitrogens is 1. The van der Waals surface area contributed by atoms with Crippen LogP contribution < -0.4 is 5.32 Å². The minimum Gasteiger partial charge on any atom is -0.321 e. The highest BCUT2D eigenvalue weighted by Crippen LogP contribution is 2.11. The number of nitriles is 2. The summed E-state index contributed by atoms with van der Waals surface area (Å²) in [7, 11) is 0. The lowest BCUT2D eigenvalue weighted by Crippen LogP contribution is -2.13. The molecule has 2 aromatic rings. The molecule has 1 heterocycles. The van der Waals surface area contributed by atoms with Gasteiger partial charge < -0.3 is 5.32 Å². The molecule has 0 aliphatic heterocycles. The summed E-state index contributed by atoms with van der Waals surface area (Å²) in [6.45, 7) is 0. The second-order valence-electron chi connectivity index (χ2n) is 4.03. The first kappa shape index (κ1) is 13.3. The zero-order valence-corrected chi connectivity index (χ0v) is 10.5. The van der Waals surface area contributed by atoms with Crippen LogP contribution in [0.5, 0.6) is 0 Å². The van der Waals surface area contributed by atoms with Gasteiger partial charge in [-0.15, -0.1) is 0 Å². The summed E-state index contributed by atoms with van der Waals surface area (Å²) in [4.78, 5) is 15.8. The van der Waals surface area contributed by atoms with Gasteiger partial charge in [0.15, 0.2) is 0 Å². The number of carbonyl (C=O) groups is 1. The predicted octanol–water partition coefficient (Wildman–Crippen LogP) is 2.27. The lowest BCUT2D eigenvalue weighted by atomic mass is 10.1. The maximum atomic E-state index is 11.9. The van der Waals surface area contributed by atoms with E-state index in [2.05, 4.69) is 16.4 Å². The van der Waals surface area contributed by atoms with E-state index in [9.17, 15) is 4.79 Å². The molecule has 1 aromatic heterocycles. The Labute approximate surface area is 116 Å². The molecule has 0 fully saturated rings. The standard InChI is InChI=1S/C15H10N4O/c16-8-7-11-1-4-13(5-2-11)19-15(20)14-6-3-12(9-17)10-18-14/h1-6,10H,7H2,(H,19,20). The molecule has 1 aromatic carbocycles. The lowest BCUT2D eigenvalue weighted by molar-refractivity contribution is 0.102. The molecule has 5 heteroatoms. The Bertz CT molecular complexity index is 691. The van der Waals surface area contributed by atoms with Crippen LogP contribution in [0.25, 0.3) is 0 Å². The Morgan fingerprint density at radius 1 is 1.15 bits per heavy atom. The van der Waals surface area contributed by atoms with E-state index in [0.29, 0.717) is 17.7 Å². The van der Waals surface area contributed by atoms with Crippen molar-refractivity contribution in [3.05, 3.63) is 59.4 Å². The molecule has 96 valence electrons. The van der Waals surface area contributed by atoms with Crippen LogP contribution in [0.2, 0.25) is 0 Å². The van der Waals surface area contributed by atoms with Crippen LogP contribution in [-0.4, -0.2) is 10.9 Å². The van der Waals surface area contributed by atoms with Gasteiger partial charge >= 0.3 is 0 Å². The van der Waals surface area contributed by atoms with Gasteiger partial charge in [0.25, 0.3) is 5.91 Å². The summed E-state index contributed by atoms with van der Waals surface area (Å²) in [6, 6.07) is 14.1. The van der Waals surface area contributed by atoms with Gasteiger partial charge in [0.05, 0.1) is 18.1 Å². The molecule has 0 aliphatic rings. The molecule has 5 nitrogen and oxygen atoms in total. The second kappa shape index (κ2) is 6.12. The Balaban J connectivity index is 2.07. The molecule has 0 radical (unpaired) electrons. The quantitative estimate of drug-likeness (QED) is 0.918. The van der Waals surface area contributed by atoms with Gasteiger partial charge in [-0.1, -0.05) is 12.1 Å². The predicted molar refractivity (Wildman–Crippen MR) is 72.7 cm³/mol. The number of hydrogen-bond acceptors (Lipinski definition) is 4. The molecule has 0 saturated heterocycles. The van der Waals surface area contributed by atoms with Crippen LogP contribution >= 0.6 is 0 Å². The minimum atomic E-state index is -0.345. The Kier molecular flexibility index (Phi) is 4.06. The van der Waals surface area contributed by atoms with Crippen LogP contribution in [0, 0.1) is 22.7 Å². The SMILES string of the molecule is N#CCc1ccc(NC(=O)c2ccc(C#N)cn2)cc1. The molecule has 1 N–H and O–H groups in total. The monoisotopic (exact) mass is 262 g/mol. The number of nitrogens with one attached hydrogen (secondary N) is 1. The zero-order chi connectivity index (χ0) is 14.4. The van der Waals surface area contributed by atoms with Gasteiger partial charge in [-0.25, -0.2) is 4.98 Å². The first-order chi connectivity index (χ1) is 9.72. The van der Waals surface area contributed by atoms with E-state index in [1.54, 1.807) is 24.3 Å². The van der Waals surface area contributed by atoms with Crippen LogP contribution in [0.4, 0.5) is 5.69 Å². The molecule has 0 unspecified atom stereocenters. The fourth-order valence-corrected chi connectivity index (χ4v) is 1.59. The maximum Gasteiger partial charge on any atom is 0.274 e. The van der Waals surface area contributed by atoms with Crippen LogP contribution in [0.1, 0.15) is 21.6 Å². The van der Waals surface area contributed by atoms with Crippen molar-refractivity contribution in [2.24, 2.45) is 0 Å². The highest BCUT2D eigenvalue weighted by molar-refractivity contribution is 6.02. The third-order valence-corrected chi connectivity index (χ3v) is 2.62.